The van der Waals surface area contributed by atoms with Crippen LogP contribution in [0.3, 0.4) is 0 Å². The van der Waals surface area contributed by atoms with Gasteiger partial charge in [0.25, 0.3) is 5.56 Å². The van der Waals surface area contributed by atoms with Crippen LogP contribution in [0.5, 0.6) is 0 Å². The molecule has 0 bridgehead atoms. The number of nitrogens with zero attached hydrogens (tertiary/aromatic N) is 1. The van der Waals surface area contributed by atoms with E-state index in [1.807, 2.05) is 6.92 Å². The number of ether oxygens (including phenoxy) is 1. The van der Waals surface area contributed by atoms with Gasteiger partial charge in [0.2, 0.25) is 5.91 Å². The Morgan fingerprint density at radius 3 is 2.65 bits per heavy atom. The van der Waals surface area contributed by atoms with Crippen molar-refractivity contribution in [3.8, 4) is 0 Å². The molecular formula is C16H19N3O4. The highest BCUT2D eigenvalue weighted by molar-refractivity contribution is 5.88. The average Bonchev–Trinajstić information content (AvgIpc) is 2.58. The Labute approximate surface area is 133 Å². The Morgan fingerprint density at radius 1 is 1.30 bits per heavy atom. The van der Waals surface area contributed by atoms with Crippen molar-refractivity contribution in [3.63, 3.8) is 0 Å². The molecule has 1 aromatic carbocycles. The van der Waals surface area contributed by atoms with Gasteiger partial charge in [-0.15, -0.1) is 0 Å². The maximum absolute atomic E-state index is 12.1. The van der Waals surface area contributed by atoms with Gasteiger partial charge in [-0.1, -0.05) is 25.1 Å². The third kappa shape index (κ3) is 3.94. The lowest BCUT2D eigenvalue weighted by atomic mass is 10.1. The van der Waals surface area contributed by atoms with Gasteiger partial charge >= 0.3 is 5.97 Å². The quantitative estimate of drug-likeness (QED) is 0.767. The first-order valence-corrected chi connectivity index (χ1v) is 7.37. The number of rotatable bonds is 6. The van der Waals surface area contributed by atoms with Crippen LogP contribution in [-0.2, 0) is 20.7 Å². The summed E-state index contributed by atoms with van der Waals surface area (Å²) in [5, 5.41) is 10.2. The summed E-state index contributed by atoms with van der Waals surface area (Å²) in [7, 11) is 1.32. The second-order valence-corrected chi connectivity index (χ2v) is 5.15. The molecule has 0 fully saturated rings. The molecule has 122 valence electrons. The molecule has 2 N–H and O–H groups in total. The van der Waals surface area contributed by atoms with E-state index in [1.54, 1.807) is 24.3 Å². The van der Waals surface area contributed by atoms with Gasteiger partial charge in [-0.25, -0.2) is 5.10 Å². The fourth-order valence-corrected chi connectivity index (χ4v) is 2.32. The van der Waals surface area contributed by atoms with Crippen molar-refractivity contribution in [1.29, 1.82) is 0 Å². The van der Waals surface area contributed by atoms with E-state index in [0.29, 0.717) is 22.9 Å². The van der Waals surface area contributed by atoms with E-state index in [2.05, 4.69) is 20.3 Å². The van der Waals surface area contributed by atoms with Gasteiger partial charge in [-0.2, -0.15) is 5.10 Å². The third-order valence-corrected chi connectivity index (χ3v) is 3.68. The highest BCUT2D eigenvalue weighted by atomic mass is 16.5. The maximum Gasteiger partial charge on any atom is 0.310 e. The minimum Gasteiger partial charge on any atom is -0.469 e. The van der Waals surface area contributed by atoms with Crippen molar-refractivity contribution in [2.24, 2.45) is 5.92 Å². The van der Waals surface area contributed by atoms with E-state index in [0.717, 1.165) is 0 Å². The summed E-state index contributed by atoms with van der Waals surface area (Å²) in [6, 6.07) is 6.98. The van der Waals surface area contributed by atoms with Crippen LogP contribution in [-0.4, -0.2) is 35.7 Å². The van der Waals surface area contributed by atoms with E-state index in [9.17, 15) is 14.4 Å². The number of hydrogen-bond acceptors (Lipinski definition) is 5. The van der Waals surface area contributed by atoms with E-state index < -0.39 is 0 Å². The molecule has 23 heavy (non-hydrogen) atoms. The van der Waals surface area contributed by atoms with Crippen LogP contribution in [0.25, 0.3) is 10.8 Å². The molecule has 1 unspecified atom stereocenters. The fourth-order valence-electron chi connectivity index (χ4n) is 2.32. The van der Waals surface area contributed by atoms with Crippen LogP contribution in [0.4, 0.5) is 0 Å². The molecule has 2 rings (SSSR count). The largest absolute Gasteiger partial charge is 0.469 e. The summed E-state index contributed by atoms with van der Waals surface area (Å²) in [5.74, 6) is -0.985. The lowest BCUT2D eigenvalue weighted by Gasteiger charge is -2.13. The van der Waals surface area contributed by atoms with Crippen molar-refractivity contribution >= 4 is 22.6 Å². The molecule has 1 heterocycles. The van der Waals surface area contributed by atoms with Gasteiger partial charge in [0.05, 0.1) is 30.5 Å². The number of nitrogens with one attached hydrogen (secondary N) is 2. The van der Waals surface area contributed by atoms with Crippen molar-refractivity contribution < 1.29 is 14.3 Å². The van der Waals surface area contributed by atoms with E-state index >= 15 is 0 Å². The van der Waals surface area contributed by atoms with Crippen molar-refractivity contribution in [3.05, 3.63) is 40.3 Å². The Bertz CT molecular complexity index is 769. The van der Waals surface area contributed by atoms with Gasteiger partial charge in [-0.3, -0.25) is 14.4 Å². The Kier molecular flexibility index (Phi) is 5.46. The molecule has 0 spiro atoms. The highest BCUT2D eigenvalue weighted by Crippen LogP contribution is 2.12. The fraction of sp³-hybridized carbons (Fsp3) is 0.375. The SMILES string of the molecule is CCC(CNC(=O)Cc1n[nH]c(=O)c2ccccc12)C(=O)OC. The molecular weight excluding hydrogens is 298 g/mol. The van der Waals surface area contributed by atoms with E-state index in [1.165, 1.54) is 7.11 Å². The topological polar surface area (TPSA) is 101 Å². The smallest absolute Gasteiger partial charge is 0.310 e. The summed E-state index contributed by atoms with van der Waals surface area (Å²) in [5.41, 5.74) is 0.199. The zero-order valence-electron chi connectivity index (χ0n) is 13.1. The number of carbonyl (C=O) groups excluding carboxylic acids is 2. The van der Waals surface area contributed by atoms with E-state index in [-0.39, 0.29) is 36.3 Å². The minimum absolute atomic E-state index is 0.0227. The predicted octanol–water partition coefficient (Wildman–Crippen LogP) is 0.781. The standard InChI is InChI=1S/C16H19N3O4/c1-3-10(16(22)23-2)9-17-14(20)8-13-11-6-4-5-7-12(11)15(21)19-18-13/h4-7,10H,3,8-9H2,1-2H3,(H,17,20)(H,19,21). The number of benzene rings is 1. The zero-order valence-corrected chi connectivity index (χ0v) is 13.1. The molecule has 1 aromatic heterocycles. The second kappa shape index (κ2) is 7.53. The van der Waals surface area contributed by atoms with Crippen LogP contribution >= 0.6 is 0 Å². The van der Waals surface area contributed by atoms with Gasteiger partial charge < -0.3 is 10.1 Å². The summed E-state index contributed by atoms with van der Waals surface area (Å²) < 4.78 is 4.68. The van der Waals surface area contributed by atoms with Crippen LogP contribution < -0.4 is 10.9 Å². The van der Waals surface area contributed by atoms with Crippen molar-refractivity contribution in [2.75, 3.05) is 13.7 Å². The minimum atomic E-state index is -0.371. The Balaban J connectivity index is 2.08. The number of aromatic amines is 1. The molecule has 1 amide bonds. The number of esters is 1. The van der Waals surface area contributed by atoms with Crippen molar-refractivity contribution in [2.45, 2.75) is 19.8 Å². The van der Waals surface area contributed by atoms with Crippen LogP contribution in [0.15, 0.2) is 29.1 Å². The first kappa shape index (κ1) is 16.7. The molecule has 0 saturated heterocycles. The molecule has 0 saturated carbocycles. The second-order valence-electron chi connectivity index (χ2n) is 5.15. The first-order valence-electron chi connectivity index (χ1n) is 7.37. The number of aromatic nitrogens is 2. The highest BCUT2D eigenvalue weighted by Gasteiger charge is 2.18. The normalized spacial score (nSPS) is 11.9. The van der Waals surface area contributed by atoms with Crippen LogP contribution in [0, 0.1) is 5.92 Å². The molecule has 0 radical (unpaired) electrons. The number of hydrogen-bond donors (Lipinski definition) is 2. The maximum atomic E-state index is 12.1. The van der Waals surface area contributed by atoms with Gasteiger partial charge in [0.1, 0.15) is 0 Å². The number of methoxy groups -OCH3 is 1. The Hall–Kier alpha value is -2.70. The molecule has 2 aromatic rings. The summed E-state index contributed by atoms with van der Waals surface area (Å²) >= 11 is 0. The van der Waals surface area contributed by atoms with Crippen molar-refractivity contribution in [1.82, 2.24) is 15.5 Å². The van der Waals surface area contributed by atoms with Gasteiger partial charge in [-0.05, 0) is 12.5 Å². The lowest BCUT2D eigenvalue weighted by Crippen LogP contribution is -2.34. The molecule has 1 atom stereocenters. The van der Waals surface area contributed by atoms with Crippen LogP contribution in [0.2, 0.25) is 0 Å². The monoisotopic (exact) mass is 317 g/mol. The Morgan fingerprint density at radius 2 is 2.00 bits per heavy atom. The van der Waals surface area contributed by atoms with Crippen LogP contribution in [0.1, 0.15) is 19.0 Å². The molecule has 0 aliphatic carbocycles. The first-order chi connectivity index (χ1) is 11.1. The van der Waals surface area contributed by atoms with Gasteiger partial charge in [0.15, 0.2) is 0 Å². The molecule has 0 aliphatic heterocycles. The lowest BCUT2D eigenvalue weighted by molar-refractivity contribution is -0.145. The summed E-state index contributed by atoms with van der Waals surface area (Å²) in [6.45, 7) is 2.06. The molecule has 7 nitrogen and oxygen atoms in total. The number of H-pyrrole nitrogens is 1. The molecule has 7 heteroatoms. The third-order valence-electron chi connectivity index (χ3n) is 3.68. The van der Waals surface area contributed by atoms with E-state index in [4.69, 9.17) is 0 Å². The predicted molar refractivity (Wildman–Crippen MR) is 84.9 cm³/mol. The average molecular weight is 317 g/mol. The number of amides is 1. The summed E-state index contributed by atoms with van der Waals surface area (Å²) in [6.07, 6.45) is 0.599. The zero-order chi connectivity index (χ0) is 16.8. The number of fused-ring (bicyclic) bond motifs is 1. The summed E-state index contributed by atoms with van der Waals surface area (Å²) in [4.78, 5) is 35.3. The molecule has 0 aliphatic rings. The number of carbonyl (C=O) groups is 2. The van der Waals surface area contributed by atoms with Gasteiger partial charge in [0, 0.05) is 11.9 Å².